The van der Waals surface area contributed by atoms with Crippen LogP contribution in [-0.2, 0) is 0 Å². The van der Waals surface area contributed by atoms with E-state index in [1.54, 1.807) is 67.0 Å². The predicted octanol–water partition coefficient (Wildman–Crippen LogP) is 2.90. The molecule has 1 aliphatic carbocycles. The van der Waals surface area contributed by atoms with E-state index in [0.29, 0.717) is 33.8 Å². The Morgan fingerprint density at radius 3 is 1.57 bits per heavy atom. The highest BCUT2D eigenvalue weighted by Gasteiger charge is 2.12. The molecule has 2 heterocycles. The normalized spacial score (nSPS) is 11.8. The molecule has 1 aliphatic rings. The van der Waals surface area contributed by atoms with E-state index in [0.717, 1.165) is 37.7 Å². The van der Waals surface area contributed by atoms with Gasteiger partial charge in [-0.2, -0.15) is 0 Å². The molecule has 0 aliphatic heterocycles. The van der Waals surface area contributed by atoms with Gasteiger partial charge in [0, 0.05) is 44.1 Å². The van der Waals surface area contributed by atoms with Gasteiger partial charge in [-0.15, -0.1) is 19.7 Å². The third-order valence-corrected chi connectivity index (χ3v) is 7.62. The van der Waals surface area contributed by atoms with Crippen molar-refractivity contribution in [1.29, 1.82) is 0 Å². The molecule has 5 aromatic rings. The van der Waals surface area contributed by atoms with Gasteiger partial charge in [-0.3, -0.25) is 18.7 Å². The molecule has 0 bridgehead atoms. The SMILES string of the molecule is C=C[B]O.C=C[B]O.C=C[B]O.C=Cc1cn(-c2ccc(O)cc2)c(=O)c2ccc(O)cc12.O=c1c2c(c(Br)cn1-c1ccc(O)cc1)=CC(O)CC=2. The first-order valence-electron chi connectivity index (χ1n) is 15.6. The topological polar surface area (TPSA) is 186 Å². The van der Waals surface area contributed by atoms with E-state index in [1.165, 1.54) is 57.4 Å². The lowest BCUT2D eigenvalue weighted by Gasteiger charge is -2.11. The van der Waals surface area contributed by atoms with Crippen LogP contribution in [0.4, 0.5) is 0 Å². The van der Waals surface area contributed by atoms with Gasteiger partial charge in [0.25, 0.3) is 11.1 Å². The molecule has 53 heavy (non-hydrogen) atoms. The molecule has 2 aromatic heterocycles. The Labute approximate surface area is 316 Å². The Kier molecular flexibility index (Phi) is 18.4. The van der Waals surface area contributed by atoms with Crippen LogP contribution in [-0.4, -0.2) is 73.2 Å². The van der Waals surface area contributed by atoms with E-state index in [9.17, 15) is 30.0 Å². The highest BCUT2D eigenvalue weighted by molar-refractivity contribution is 9.10. The van der Waals surface area contributed by atoms with Crippen LogP contribution in [0.2, 0.25) is 0 Å². The molecular weight excluding hydrogens is 741 g/mol. The van der Waals surface area contributed by atoms with Crippen molar-refractivity contribution < 1.29 is 35.5 Å². The van der Waals surface area contributed by atoms with Gasteiger partial charge in [0.1, 0.15) is 17.2 Å². The molecule has 15 heteroatoms. The summed E-state index contributed by atoms with van der Waals surface area (Å²) in [6, 6.07) is 17.4. The summed E-state index contributed by atoms with van der Waals surface area (Å²) >= 11 is 3.43. The third kappa shape index (κ3) is 12.6. The van der Waals surface area contributed by atoms with Gasteiger partial charge in [-0.25, -0.2) is 0 Å². The number of aromatic nitrogens is 2. The number of pyridine rings is 2. The summed E-state index contributed by atoms with van der Waals surface area (Å²) in [6.07, 6.45) is 8.31. The Morgan fingerprint density at radius 1 is 0.660 bits per heavy atom. The minimum atomic E-state index is -0.553. The summed E-state index contributed by atoms with van der Waals surface area (Å²) < 4.78 is 3.76. The number of aromatic hydroxyl groups is 3. The Hall–Kier alpha value is -5.57. The van der Waals surface area contributed by atoms with E-state index >= 15 is 0 Å². The monoisotopic (exact) mass is 777 g/mol. The number of hydrogen-bond donors (Lipinski definition) is 7. The largest absolute Gasteiger partial charge is 0.508 e. The minimum Gasteiger partial charge on any atom is -0.508 e. The quantitative estimate of drug-likeness (QED) is 0.127. The molecule has 0 amide bonds. The average molecular weight is 778 g/mol. The van der Waals surface area contributed by atoms with Gasteiger partial charge in [-0.1, -0.05) is 36.7 Å². The van der Waals surface area contributed by atoms with Crippen molar-refractivity contribution in [3.63, 3.8) is 0 Å². The zero-order valence-corrected chi connectivity index (χ0v) is 30.1. The van der Waals surface area contributed by atoms with Gasteiger partial charge in [0.15, 0.2) is 0 Å². The van der Waals surface area contributed by atoms with Crippen molar-refractivity contribution in [3.05, 3.63) is 165 Å². The number of nitrogens with zero attached hydrogens (tertiary/aromatic N) is 2. The number of fused-ring (bicyclic) bond motifs is 2. The van der Waals surface area contributed by atoms with E-state index in [2.05, 4.69) is 42.2 Å². The number of phenolic OH excluding ortho intramolecular Hbond substituents is 3. The smallest absolute Gasteiger partial charge is 0.317 e. The lowest BCUT2D eigenvalue weighted by Crippen LogP contribution is -2.47. The maximum atomic E-state index is 12.6. The van der Waals surface area contributed by atoms with Crippen molar-refractivity contribution in [3.8, 4) is 28.6 Å². The van der Waals surface area contributed by atoms with Gasteiger partial charge < -0.3 is 35.5 Å². The lowest BCUT2D eigenvalue weighted by molar-refractivity contribution is 0.244. The lowest BCUT2D eigenvalue weighted by atomic mass is 10.1. The first-order chi connectivity index (χ1) is 25.4. The van der Waals surface area contributed by atoms with Crippen LogP contribution in [0.25, 0.3) is 40.4 Å². The average Bonchev–Trinajstić information content (AvgIpc) is 3.17. The maximum absolute atomic E-state index is 12.6. The van der Waals surface area contributed by atoms with Crippen molar-refractivity contribution in [2.45, 2.75) is 12.5 Å². The second kappa shape index (κ2) is 22.4. The number of aliphatic hydroxyl groups excluding tert-OH is 1. The van der Waals surface area contributed by atoms with Crippen molar-refractivity contribution in [1.82, 2.24) is 9.13 Å². The molecule has 0 saturated heterocycles. The highest BCUT2D eigenvalue weighted by atomic mass is 79.9. The van der Waals surface area contributed by atoms with Crippen LogP contribution < -0.4 is 21.6 Å². The van der Waals surface area contributed by atoms with Crippen molar-refractivity contribution in [2.75, 3.05) is 0 Å². The molecule has 3 aromatic carbocycles. The fraction of sp³-hybridized carbons (Fsp3) is 0.0526. The van der Waals surface area contributed by atoms with Gasteiger partial charge in [-0.05, 0) is 106 Å². The second-order valence-electron chi connectivity index (χ2n) is 10.5. The van der Waals surface area contributed by atoms with Crippen LogP contribution in [0.1, 0.15) is 12.0 Å². The molecule has 6 rings (SSSR count). The van der Waals surface area contributed by atoms with Crippen LogP contribution in [0.3, 0.4) is 0 Å². The highest BCUT2D eigenvalue weighted by Crippen LogP contribution is 2.23. The Bertz CT molecular complexity index is 2240. The van der Waals surface area contributed by atoms with E-state index in [-0.39, 0.29) is 28.4 Å². The summed E-state index contributed by atoms with van der Waals surface area (Å²) in [5.74, 6) is 4.32. The third-order valence-electron chi connectivity index (χ3n) is 6.99. The summed E-state index contributed by atoms with van der Waals surface area (Å²) in [6.45, 7) is 13.3. The minimum absolute atomic E-state index is 0.104. The number of halogens is 1. The zero-order valence-electron chi connectivity index (χ0n) is 28.5. The van der Waals surface area contributed by atoms with Gasteiger partial charge >= 0.3 is 22.4 Å². The Balaban J connectivity index is 0.000000282. The molecule has 1 atom stereocenters. The first-order valence-corrected chi connectivity index (χ1v) is 16.4. The zero-order chi connectivity index (χ0) is 39.5. The van der Waals surface area contributed by atoms with Crippen LogP contribution in [0.5, 0.6) is 17.2 Å². The molecule has 11 nitrogen and oxygen atoms in total. The maximum Gasteiger partial charge on any atom is 0.317 e. The number of rotatable bonds is 6. The van der Waals surface area contributed by atoms with E-state index in [1.807, 2.05) is 0 Å². The summed E-state index contributed by atoms with van der Waals surface area (Å²) in [4.78, 5) is 25.1. The number of phenols is 3. The van der Waals surface area contributed by atoms with Gasteiger partial charge in [0.2, 0.25) is 0 Å². The molecule has 0 fully saturated rings. The van der Waals surface area contributed by atoms with E-state index in [4.69, 9.17) is 15.1 Å². The molecule has 1 unspecified atom stereocenters. The first kappa shape index (κ1) is 43.6. The Morgan fingerprint density at radius 2 is 1.11 bits per heavy atom. The summed E-state index contributed by atoms with van der Waals surface area (Å²) in [7, 11) is 2.67. The second-order valence-corrected chi connectivity index (χ2v) is 11.4. The van der Waals surface area contributed by atoms with Crippen molar-refractivity contribution in [2.24, 2.45) is 0 Å². The number of benzene rings is 3. The fourth-order valence-corrected chi connectivity index (χ4v) is 5.16. The predicted molar refractivity (Wildman–Crippen MR) is 218 cm³/mol. The van der Waals surface area contributed by atoms with Crippen molar-refractivity contribution >= 4 is 67.4 Å². The van der Waals surface area contributed by atoms with Crippen LogP contribution in [0, 0.1) is 0 Å². The standard InChI is InChI=1S/C17H13NO3.C15H12BrNO3.3C2H4BO/c1-2-11-10-18(12-3-5-13(19)6-4-12)17(21)15-8-7-14(20)9-16(11)15;16-14-8-17(9-1-3-10(18)4-2-9)15(20)12-6-5-11(19)7-13(12)14;3*1-2-3-4/h2-10,19-20H,1H2;1-4,6-8,11,18-19H,5H2;3*2,4H,1H2. The van der Waals surface area contributed by atoms with E-state index < -0.39 is 6.10 Å². The summed E-state index contributed by atoms with van der Waals surface area (Å²) in [5, 5.41) is 63.2. The molecule has 3 radical (unpaired) electrons. The molecule has 0 saturated carbocycles. The molecule has 0 spiro atoms. The molecule has 269 valence electrons. The number of aliphatic hydroxyl groups is 1. The van der Waals surface area contributed by atoms with Crippen LogP contribution in [0.15, 0.2) is 137 Å². The molecular formula is C38H37B3BrN2O9. The molecule has 7 N–H and O–H groups in total. The van der Waals surface area contributed by atoms with Gasteiger partial charge in [0.05, 0.1) is 6.10 Å². The number of hydrogen-bond acceptors (Lipinski definition) is 9. The fourth-order valence-electron chi connectivity index (χ4n) is 4.61. The van der Waals surface area contributed by atoms with Crippen LogP contribution >= 0.6 is 15.9 Å². The summed E-state index contributed by atoms with van der Waals surface area (Å²) in [5.41, 5.74) is 1.73.